The van der Waals surface area contributed by atoms with Crippen LogP contribution in [0.1, 0.15) is 36.1 Å². The number of fused-ring (bicyclic) bond motifs is 5. The van der Waals surface area contributed by atoms with E-state index in [1.54, 1.807) is 11.3 Å². The van der Waals surface area contributed by atoms with Crippen molar-refractivity contribution in [3.63, 3.8) is 0 Å². The Bertz CT molecular complexity index is 690. The predicted octanol–water partition coefficient (Wildman–Crippen LogP) is 3.07. The van der Waals surface area contributed by atoms with E-state index in [2.05, 4.69) is 48.3 Å². The molecule has 1 atom stereocenters. The monoisotopic (exact) mass is 402 g/mol. The van der Waals surface area contributed by atoms with Crippen LogP contribution in [0.5, 0.6) is 0 Å². The van der Waals surface area contributed by atoms with Crippen molar-refractivity contribution in [1.29, 1.82) is 0 Å². The number of rotatable bonds is 0. The Balaban J connectivity index is 2.06. The lowest BCUT2D eigenvalue weighted by Crippen LogP contribution is -2.28. The second kappa shape index (κ2) is 4.23. The molecule has 4 nitrogen and oxygen atoms in total. The second-order valence-corrected chi connectivity index (χ2v) is 8.18. The van der Waals surface area contributed by atoms with Crippen molar-refractivity contribution >= 4 is 51.1 Å². The van der Waals surface area contributed by atoms with Gasteiger partial charge in [0.1, 0.15) is 15.8 Å². The molecule has 0 amide bonds. The van der Waals surface area contributed by atoms with Crippen molar-refractivity contribution in [2.24, 2.45) is 0 Å². The summed E-state index contributed by atoms with van der Waals surface area (Å²) in [5.74, 6) is 2.00. The van der Waals surface area contributed by atoms with Crippen LogP contribution in [0.25, 0.3) is 5.00 Å². The van der Waals surface area contributed by atoms with Gasteiger partial charge in [0.2, 0.25) is 0 Å². The van der Waals surface area contributed by atoms with Gasteiger partial charge in [-0.1, -0.05) is 12.2 Å². The van der Waals surface area contributed by atoms with Crippen LogP contribution in [0.2, 0.25) is 0 Å². The van der Waals surface area contributed by atoms with Crippen molar-refractivity contribution < 1.29 is 0 Å². The zero-order chi connectivity index (χ0) is 13.1. The molecule has 0 radical (unpaired) electrons. The predicted molar refractivity (Wildman–Crippen MR) is 87.1 cm³/mol. The van der Waals surface area contributed by atoms with E-state index in [-0.39, 0.29) is 0 Å². The van der Waals surface area contributed by atoms with Crippen LogP contribution in [0.15, 0.2) is 6.07 Å². The highest BCUT2D eigenvalue weighted by atomic mass is 127. The molecule has 2 aromatic heterocycles. The SMILES string of the molecule is Cc1nnc2n1-c1sc(I)cc1C(=S)N1CCC[C@@H]21. The fraction of sp³-hybridized carbons (Fsp3) is 0.417. The Hall–Kier alpha value is -0.540. The van der Waals surface area contributed by atoms with Gasteiger partial charge in [-0.2, -0.15) is 0 Å². The Morgan fingerprint density at radius 2 is 2.32 bits per heavy atom. The van der Waals surface area contributed by atoms with E-state index in [1.807, 2.05) is 6.92 Å². The third-order valence-corrected chi connectivity index (χ3v) is 6.11. The average molecular weight is 402 g/mol. The van der Waals surface area contributed by atoms with E-state index in [1.165, 1.54) is 14.3 Å². The number of thiocarbonyl (C=S) groups is 1. The average Bonchev–Trinajstić information content (AvgIpc) is 3.04. The molecule has 19 heavy (non-hydrogen) atoms. The van der Waals surface area contributed by atoms with E-state index in [4.69, 9.17) is 12.2 Å². The van der Waals surface area contributed by atoms with Crippen LogP contribution in [-0.2, 0) is 0 Å². The maximum Gasteiger partial charge on any atom is 0.161 e. The minimum atomic E-state index is 0.297. The van der Waals surface area contributed by atoms with Crippen LogP contribution in [-0.4, -0.2) is 31.2 Å². The third kappa shape index (κ3) is 1.64. The van der Waals surface area contributed by atoms with Crippen molar-refractivity contribution in [1.82, 2.24) is 19.7 Å². The van der Waals surface area contributed by atoms with Crippen LogP contribution in [0.3, 0.4) is 0 Å². The molecule has 2 aliphatic heterocycles. The van der Waals surface area contributed by atoms with E-state index in [9.17, 15) is 0 Å². The van der Waals surface area contributed by atoms with Gasteiger partial charge >= 0.3 is 0 Å². The maximum atomic E-state index is 5.72. The van der Waals surface area contributed by atoms with Gasteiger partial charge in [0, 0.05) is 12.1 Å². The first-order valence-electron chi connectivity index (χ1n) is 6.19. The molecular weight excluding hydrogens is 391 g/mol. The molecule has 7 heteroatoms. The van der Waals surface area contributed by atoms with E-state index in [0.717, 1.165) is 35.2 Å². The van der Waals surface area contributed by atoms with Crippen molar-refractivity contribution in [2.45, 2.75) is 25.8 Å². The first-order valence-corrected chi connectivity index (χ1v) is 8.50. The number of halogens is 1. The molecule has 0 bridgehead atoms. The highest BCUT2D eigenvalue weighted by molar-refractivity contribution is 14.1. The maximum absolute atomic E-state index is 5.72. The molecular formula is C12H11IN4S2. The lowest BCUT2D eigenvalue weighted by molar-refractivity contribution is 0.391. The lowest BCUT2D eigenvalue weighted by Gasteiger charge is -2.23. The molecule has 98 valence electrons. The summed E-state index contributed by atoms with van der Waals surface area (Å²) in [5, 5.41) is 9.88. The number of hydrogen-bond acceptors (Lipinski definition) is 4. The molecule has 1 saturated heterocycles. The number of aryl methyl sites for hydroxylation is 1. The van der Waals surface area contributed by atoms with E-state index < -0.39 is 0 Å². The summed E-state index contributed by atoms with van der Waals surface area (Å²) in [6.45, 7) is 3.04. The van der Waals surface area contributed by atoms with Crippen LogP contribution >= 0.6 is 46.1 Å². The summed E-state index contributed by atoms with van der Waals surface area (Å²) in [5.41, 5.74) is 1.16. The summed E-state index contributed by atoms with van der Waals surface area (Å²) in [4.78, 5) is 3.30. The zero-order valence-corrected chi connectivity index (χ0v) is 14.0. The molecule has 0 saturated carbocycles. The van der Waals surface area contributed by atoms with Crippen molar-refractivity contribution in [2.75, 3.05) is 6.54 Å². The van der Waals surface area contributed by atoms with Gasteiger partial charge in [0.25, 0.3) is 0 Å². The van der Waals surface area contributed by atoms with Crippen molar-refractivity contribution in [3.8, 4) is 5.00 Å². The van der Waals surface area contributed by atoms with Crippen LogP contribution in [0, 0.1) is 9.81 Å². The van der Waals surface area contributed by atoms with Gasteiger partial charge in [0.05, 0.1) is 8.93 Å². The molecule has 2 aliphatic rings. The highest BCUT2D eigenvalue weighted by Crippen LogP contribution is 2.41. The quantitative estimate of drug-likeness (QED) is 0.501. The fourth-order valence-corrected chi connectivity index (χ4v) is 5.27. The molecule has 0 aromatic carbocycles. The van der Waals surface area contributed by atoms with Gasteiger partial charge in [-0.05, 0) is 48.4 Å². The van der Waals surface area contributed by atoms with E-state index >= 15 is 0 Å². The summed E-state index contributed by atoms with van der Waals surface area (Å²) in [7, 11) is 0. The molecule has 4 rings (SSSR count). The molecule has 0 aliphatic carbocycles. The molecule has 0 unspecified atom stereocenters. The van der Waals surface area contributed by atoms with Gasteiger partial charge in [0.15, 0.2) is 5.82 Å². The Labute approximate surface area is 134 Å². The standard InChI is InChI=1S/C12H11IN4S2/c1-6-14-15-10-8-3-2-4-16(8)11(18)7-5-9(13)19-12(7)17(6)10/h5,8H,2-4H2,1H3/t8-/m0/s1. The molecule has 2 aromatic rings. The number of nitrogens with zero attached hydrogens (tertiary/aromatic N) is 4. The molecule has 4 heterocycles. The topological polar surface area (TPSA) is 34.0 Å². The highest BCUT2D eigenvalue weighted by Gasteiger charge is 2.37. The van der Waals surface area contributed by atoms with Crippen LogP contribution in [0.4, 0.5) is 0 Å². The largest absolute Gasteiger partial charge is 0.352 e. The minimum absolute atomic E-state index is 0.297. The molecule has 0 N–H and O–H groups in total. The second-order valence-electron chi connectivity index (χ2n) is 4.87. The summed E-state index contributed by atoms with van der Waals surface area (Å²) >= 11 is 9.84. The Morgan fingerprint density at radius 1 is 1.47 bits per heavy atom. The summed E-state index contributed by atoms with van der Waals surface area (Å²) in [6.07, 6.45) is 2.29. The number of aromatic nitrogens is 3. The Morgan fingerprint density at radius 3 is 3.16 bits per heavy atom. The first kappa shape index (κ1) is 12.2. The van der Waals surface area contributed by atoms with Crippen molar-refractivity contribution in [3.05, 3.63) is 26.2 Å². The van der Waals surface area contributed by atoms with Gasteiger partial charge in [-0.3, -0.25) is 4.57 Å². The van der Waals surface area contributed by atoms with Gasteiger partial charge < -0.3 is 4.90 Å². The smallest absolute Gasteiger partial charge is 0.161 e. The molecule has 1 fully saturated rings. The van der Waals surface area contributed by atoms with Crippen LogP contribution < -0.4 is 0 Å². The summed E-state index contributed by atoms with van der Waals surface area (Å²) in [6, 6.07) is 2.48. The van der Waals surface area contributed by atoms with Gasteiger partial charge in [-0.15, -0.1) is 21.5 Å². The summed E-state index contributed by atoms with van der Waals surface area (Å²) < 4.78 is 3.45. The van der Waals surface area contributed by atoms with E-state index in [0.29, 0.717) is 6.04 Å². The van der Waals surface area contributed by atoms with Gasteiger partial charge in [-0.25, -0.2) is 0 Å². The molecule has 0 spiro atoms. The number of hydrogen-bond donors (Lipinski definition) is 0. The number of thiophene rings is 1. The minimum Gasteiger partial charge on any atom is -0.352 e. The normalized spacial score (nSPS) is 21.1. The first-order chi connectivity index (χ1) is 9.16. The zero-order valence-electron chi connectivity index (χ0n) is 10.3. The fourth-order valence-electron chi connectivity index (χ4n) is 2.95. The third-order valence-electron chi connectivity index (χ3n) is 3.78. The Kier molecular flexibility index (Phi) is 2.72. The lowest BCUT2D eigenvalue weighted by atomic mass is 10.2.